The first-order valence-electron chi connectivity index (χ1n) is 7.83. The van der Waals surface area contributed by atoms with Gasteiger partial charge in [-0.3, -0.25) is 4.79 Å². The predicted octanol–water partition coefficient (Wildman–Crippen LogP) is 3.32. The first-order valence-corrected chi connectivity index (χ1v) is 7.83. The number of carbonyl (C=O) groups excluding carboxylic acids is 1. The largest absolute Gasteiger partial charge is 0.350 e. The lowest BCUT2D eigenvalue weighted by molar-refractivity contribution is -0.114. The molecule has 3 aromatic rings. The Labute approximate surface area is 141 Å². The van der Waals surface area contributed by atoms with Crippen LogP contribution in [0.25, 0.3) is 10.9 Å². The zero-order valence-corrected chi connectivity index (χ0v) is 14.1. The maximum absolute atomic E-state index is 12.4. The maximum Gasteiger partial charge on any atom is 0.243 e. The Hall–Kier alpha value is -2.95. The molecule has 122 valence electrons. The molecule has 0 aliphatic heterocycles. The average molecular weight is 320 g/mol. The highest BCUT2D eigenvalue weighted by atomic mass is 16.2. The van der Waals surface area contributed by atoms with Crippen molar-refractivity contribution in [2.45, 2.75) is 13.8 Å². The van der Waals surface area contributed by atoms with E-state index in [1.807, 2.05) is 68.3 Å². The summed E-state index contributed by atoms with van der Waals surface area (Å²) in [6, 6.07) is 13.7. The number of likely N-dealkylation sites (N-methyl/N-ethyl adjacent to an activating group) is 1. The molecule has 24 heavy (non-hydrogen) atoms. The van der Waals surface area contributed by atoms with E-state index < -0.39 is 0 Å². The highest BCUT2D eigenvalue weighted by Gasteiger charge is 2.13. The zero-order valence-electron chi connectivity index (χ0n) is 14.1. The van der Waals surface area contributed by atoms with Crippen LogP contribution in [0.4, 0.5) is 11.5 Å². The highest BCUT2D eigenvalue weighted by molar-refractivity contribution is 5.97. The van der Waals surface area contributed by atoms with Crippen molar-refractivity contribution >= 4 is 28.3 Å². The van der Waals surface area contributed by atoms with Crippen LogP contribution in [0, 0.1) is 13.8 Å². The number of benzene rings is 2. The van der Waals surface area contributed by atoms with Gasteiger partial charge in [0.05, 0.1) is 12.1 Å². The van der Waals surface area contributed by atoms with E-state index in [1.165, 1.54) is 6.33 Å². The molecule has 0 unspecified atom stereocenters. The molecule has 5 nitrogen and oxygen atoms in total. The van der Waals surface area contributed by atoms with Crippen LogP contribution < -0.4 is 10.2 Å². The van der Waals surface area contributed by atoms with Gasteiger partial charge in [-0.15, -0.1) is 0 Å². The van der Waals surface area contributed by atoms with Gasteiger partial charge in [-0.05, 0) is 37.1 Å². The number of rotatable bonds is 4. The molecule has 0 saturated heterocycles. The summed E-state index contributed by atoms with van der Waals surface area (Å²) >= 11 is 0. The Morgan fingerprint density at radius 1 is 1.04 bits per heavy atom. The molecule has 3 rings (SSSR count). The fourth-order valence-corrected chi connectivity index (χ4v) is 2.78. The van der Waals surface area contributed by atoms with Gasteiger partial charge in [-0.1, -0.05) is 30.3 Å². The number of aromatic nitrogens is 2. The van der Waals surface area contributed by atoms with Gasteiger partial charge < -0.3 is 10.2 Å². The number of amides is 1. The molecule has 0 radical (unpaired) electrons. The van der Waals surface area contributed by atoms with Crippen molar-refractivity contribution in [3.05, 3.63) is 59.9 Å². The van der Waals surface area contributed by atoms with Gasteiger partial charge >= 0.3 is 0 Å². The summed E-state index contributed by atoms with van der Waals surface area (Å²) in [5.41, 5.74) is 3.85. The lowest BCUT2D eigenvalue weighted by Gasteiger charge is -2.20. The van der Waals surface area contributed by atoms with E-state index in [4.69, 9.17) is 0 Å². The van der Waals surface area contributed by atoms with Crippen LogP contribution >= 0.6 is 0 Å². The third kappa shape index (κ3) is 3.20. The van der Waals surface area contributed by atoms with Crippen LogP contribution in [0.15, 0.2) is 48.8 Å². The number of anilines is 2. The van der Waals surface area contributed by atoms with Crippen LogP contribution in [-0.4, -0.2) is 29.5 Å². The molecule has 0 bridgehead atoms. The third-order valence-electron chi connectivity index (χ3n) is 4.01. The summed E-state index contributed by atoms with van der Waals surface area (Å²) in [5, 5.41) is 3.94. The summed E-state index contributed by atoms with van der Waals surface area (Å²) in [4.78, 5) is 22.9. The monoisotopic (exact) mass is 320 g/mol. The number of carbonyl (C=O) groups is 1. The van der Waals surface area contributed by atoms with E-state index in [9.17, 15) is 4.79 Å². The standard InChI is InChI=1S/C19H20N4O/c1-13-7-6-8-14(2)18(13)22-17(24)11-23(3)19-15-9-4-5-10-16(15)20-12-21-19/h4-10,12H,11H2,1-3H3,(H,22,24). The molecule has 1 aromatic heterocycles. The summed E-state index contributed by atoms with van der Waals surface area (Å²) in [5.74, 6) is 0.676. The molecule has 0 fully saturated rings. The molecular weight excluding hydrogens is 300 g/mol. The normalized spacial score (nSPS) is 10.6. The Morgan fingerprint density at radius 2 is 1.75 bits per heavy atom. The van der Waals surface area contributed by atoms with Gasteiger partial charge in [-0.2, -0.15) is 0 Å². The predicted molar refractivity (Wildman–Crippen MR) is 97.4 cm³/mol. The Bertz CT molecular complexity index is 866. The molecule has 1 heterocycles. The van der Waals surface area contributed by atoms with Crippen molar-refractivity contribution in [3.63, 3.8) is 0 Å². The summed E-state index contributed by atoms with van der Waals surface area (Å²) in [7, 11) is 1.86. The van der Waals surface area contributed by atoms with Crippen molar-refractivity contribution in [2.24, 2.45) is 0 Å². The quantitative estimate of drug-likeness (QED) is 0.801. The van der Waals surface area contributed by atoms with Gasteiger partial charge in [0.2, 0.25) is 5.91 Å². The van der Waals surface area contributed by atoms with Crippen molar-refractivity contribution in [3.8, 4) is 0 Å². The van der Waals surface area contributed by atoms with E-state index in [0.717, 1.165) is 33.5 Å². The van der Waals surface area contributed by atoms with Crippen LogP contribution in [0.1, 0.15) is 11.1 Å². The average Bonchev–Trinajstić information content (AvgIpc) is 2.57. The minimum Gasteiger partial charge on any atom is -0.350 e. The fourth-order valence-electron chi connectivity index (χ4n) is 2.78. The van der Waals surface area contributed by atoms with Gasteiger partial charge in [0.15, 0.2) is 0 Å². The van der Waals surface area contributed by atoms with E-state index in [0.29, 0.717) is 0 Å². The Morgan fingerprint density at radius 3 is 2.50 bits per heavy atom. The second-order valence-electron chi connectivity index (χ2n) is 5.89. The number of hydrogen-bond donors (Lipinski definition) is 1. The molecule has 0 spiro atoms. The lowest BCUT2D eigenvalue weighted by atomic mass is 10.1. The first kappa shape index (κ1) is 15.9. The number of fused-ring (bicyclic) bond motifs is 1. The third-order valence-corrected chi connectivity index (χ3v) is 4.01. The van der Waals surface area contributed by atoms with Gasteiger partial charge in [-0.25, -0.2) is 9.97 Å². The highest BCUT2D eigenvalue weighted by Crippen LogP contribution is 2.22. The maximum atomic E-state index is 12.4. The van der Waals surface area contributed by atoms with E-state index in [2.05, 4.69) is 15.3 Å². The summed E-state index contributed by atoms with van der Waals surface area (Å²) < 4.78 is 0. The number of nitrogens with zero attached hydrogens (tertiary/aromatic N) is 3. The van der Waals surface area contributed by atoms with E-state index >= 15 is 0 Å². The summed E-state index contributed by atoms with van der Waals surface area (Å²) in [6.45, 7) is 4.20. The van der Waals surface area contributed by atoms with Crippen LogP contribution in [-0.2, 0) is 4.79 Å². The molecule has 1 amide bonds. The molecule has 2 aromatic carbocycles. The van der Waals surface area contributed by atoms with E-state index in [1.54, 1.807) is 0 Å². The van der Waals surface area contributed by atoms with Crippen molar-refractivity contribution in [1.29, 1.82) is 0 Å². The molecule has 5 heteroatoms. The Kier molecular flexibility index (Phi) is 4.42. The van der Waals surface area contributed by atoms with Gasteiger partial charge in [0.1, 0.15) is 12.1 Å². The number of hydrogen-bond acceptors (Lipinski definition) is 4. The lowest BCUT2D eigenvalue weighted by Crippen LogP contribution is -2.31. The topological polar surface area (TPSA) is 58.1 Å². The number of nitrogens with one attached hydrogen (secondary N) is 1. The van der Waals surface area contributed by atoms with Crippen molar-refractivity contribution < 1.29 is 4.79 Å². The SMILES string of the molecule is Cc1cccc(C)c1NC(=O)CN(C)c1ncnc2ccccc12. The minimum absolute atomic E-state index is 0.0717. The summed E-state index contributed by atoms with van der Waals surface area (Å²) in [6.07, 6.45) is 1.53. The van der Waals surface area contributed by atoms with Crippen LogP contribution in [0.3, 0.4) is 0 Å². The molecule has 0 aliphatic carbocycles. The van der Waals surface area contributed by atoms with Crippen molar-refractivity contribution in [1.82, 2.24) is 9.97 Å². The fraction of sp³-hybridized carbons (Fsp3) is 0.211. The molecule has 1 N–H and O–H groups in total. The number of para-hydroxylation sites is 2. The molecular formula is C19H20N4O. The van der Waals surface area contributed by atoms with Gasteiger partial charge in [0, 0.05) is 18.1 Å². The smallest absolute Gasteiger partial charge is 0.243 e. The molecule has 0 atom stereocenters. The van der Waals surface area contributed by atoms with Gasteiger partial charge in [0.25, 0.3) is 0 Å². The molecule has 0 aliphatic rings. The van der Waals surface area contributed by atoms with Crippen LogP contribution in [0.2, 0.25) is 0 Å². The molecule has 0 saturated carbocycles. The second-order valence-corrected chi connectivity index (χ2v) is 5.89. The zero-order chi connectivity index (χ0) is 17.1. The number of aryl methyl sites for hydroxylation is 2. The first-order chi connectivity index (χ1) is 11.6. The second kappa shape index (κ2) is 6.66. The minimum atomic E-state index is -0.0717. The van der Waals surface area contributed by atoms with Crippen LogP contribution in [0.5, 0.6) is 0 Å². The van der Waals surface area contributed by atoms with Crippen molar-refractivity contribution in [2.75, 3.05) is 23.8 Å². The van der Waals surface area contributed by atoms with E-state index in [-0.39, 0.29) is 12.5 Å². The Balaban J connectivity index is 1.79.